The van der Waals surface area contributed by atoms with Gasteiger partial charge in [0.25, 0.3) is 0 Å². The third kappa shape index (κ3) is 12.4. The first-order valence-corrected chi connectivity index (χ1v) is 12.7. The van der Waals surface area contributed by atoms with Gasteiger partial charge in [-0.05, 0) is 55.7 Å². The van der Waals surface area contributed by atoms with Gasteiger partial charge in [0, 0.05) is 17.4 Å². The summed E-state index contributed by atoms with van der Waals surface area (Å²) in [6.07, 6.45) is -4.43. The molecule has 0 aliphatic carbocycles. The number of carboxylic acid groups (broad SMARTS) is 1. The largest absolute Gasteiger partial charge is 0.497 e. The van der Waals surface area contributed by atoms with E-state index in [1.165, 1.54) is 0 Å². The van der Waals surface area contributed by atoms with Gasteiger partial charge in [-0.1, -0.05) is 32.0 Å². The number of ether oxygens (including phenoxy) is 2. The Hall–Kier alpha value is -4.55. The number of hydrogen-bond donors (Lipinski definition) is 4. The van der Waals surface area contributed by atoms with Gasteiger partial charge in [-0.3, -0.25) is 4.79 Å². The van der Waals surface area contributed by atoms with E-state index in [4.69, 9.17) is 19.4 Å². The number of methoxy groups -OCH3 is 1. The number of hydrogen-bond acceptors (Lipinski definition) is 8. The zero-order valence-electron chi connectivity index (χ0n) is 23.2. The monoisotopic (exact) mass is 577 g/mol. The number of carbonyl (C=O) groups is 2. The van der Waals surface area contributed by atoms with Crippen LogP contribution in [0.2, 0.25) is 0 Å². The maximum Gasteiger partial charge on any atom is 0.490 e. The van der Waals surface area contributed by atoms with Gasteiger partial charge in [0.05, 0.1) is 13.7 Å². The van der Waals surface area contributed by atoms with E-state index in [0.29, 0.717) is 42.9 Å². The average Bonchev–Trinajstić information content (AvgIpc) is 2.91. The van der Waals surface area contributed by atoms with E-state index in [1.54, 1.807) is 7.11 Å². The molecule has 0 saturated heterocycles. The number of aliphatic carboxylic acids is 1. The van der Waals surface area contributed by atoms with Crippen LogP contribution < -0.4 is 25.4 Å². The molecule has 0 spiro atoms. The Kier molecular flexibility index (Phi) is 12.7. The molecule has 0 saturated carbocycles. The van der Waals surface area contributed by atoms with Crippen LogP contribution in [0, 0.1) is 12.8 Å². The maximum absolute atomic E-state index is 13.0. The Bertz CT molecular complexity index is 1240. The average molecular weight is 578 g/mol. The molecule has 0 fully saturated rings. The van der Waals surface area contributed by atoms with Crippen molar-refractivity contribution in [3.05, 3.63) is 66.4 Å². The molecule has 1 atom stereocenters. The van der Waals surface area contributed by atoms with Crippen molar-refractivity contribution < 1.29 is 37.3 Å². The normalized spacial score (nSPS) is 11.5. The van der Waals surface area contributed by atoms with Gasteiger partial charge in [0.2, 0.25) is 11.9 Å². The molecule has 13 heteroatoms. The molecule has 2 aromatic carbocycles. The minimum absolute atomic E-state index is 0.124. The van der Waals surface area contributed by atoms with Crippen LogP contribution in [-0.2, 0) is 9.59 Å². The molecule has 1 amide bonds. The summed E-state index contributed by atoms with van der Waals surface area (Å²) in [5.41, 5.74) is 1.50. The van der Waals surface area contributed by atoms with Crippen molar-refractivity contribution >= 4 is 29.3 Å². The lowest BCUT2D eigenvalue weighted by Crippen LogP contribution is -2.36. The molecule has 0 unspecified atom stereocenters. The molecule has 3 aromatic rings. The van der Waals surface area contributed by atoms with Gasteiger partial charge in [-0.15, -0.1) is 0 Å². The molecule has 0 bridgehead atoms. The van der Waals surface area contributed by atoms with E-state index in [0.717, 1.165) is 17.2 Å². The number of benzene rings is 2. The van der Waals surface area contributed by atoms with Crippen LogP contribution in [0.1, 0.15) is 26.0 Å². The topological polar surface area (TPSA) is 135 Å². The molecular formula is C28H34F3N5O5. The van der Waals surface area contributed by atoms with Crippen LogP contribution in [0.25, 0.3) is 0 Å². The second-order valence-electron chi connectivity index (χ2n) is 9.15. The lowest BCUT2D eigenvalue weighted by molar-refractivity contribution is -0.192. The summed E-state index contributed by atoms with van der Waals surface area (Å²) >= 11 is 0. The van der Waals surface area contributed by atoms with Crippen LogP contribution in [0.3, 0.4) is 0 Å². The molecule has 0 radical (unpaired) electrons. The molecule has 3 rings (SSSR count). The van der Waals surface area contributed by atoms with Crippen molar-refractivity contribution in [2.24, 2.45) is 5.92 Å². The highest BCUT2D eigenvalue weighted by atomic mass is 19.4. The van der Waals surface area contributed by atoms with E-state index in [9.17, 15) is 18.0 Å². The van der Waals surface area contributed by atoms with Gasteiger partial charge in [-0.2, -0.15) is 18.2 Å². The summed E-state index contributed by atoms with van der Waals surface area (Å²) in [5, 5.41) is 16.6. The van der Waals surface area contributed by atoms with Crippen molar-refractivity contribution in [1.82, 2.24) is 9.97 Å². The third-order valence-corrected chi connectivity index (χ3v) is 5.20. The molecular weight excluding hydrogens is 543 g/mol. The SMILES string of the molecule is COc1ccc(NC(=O)[C@H](CC(C)C)Nc2cc(C)nc(NCCOc3ccccc3)n2)cc1.O=C(O)C(F)(F)F. The highest BCUT2D eigenvalue weighted by molar-refractivity contribution is 5.96. The Morgan fingerprint density at radius 1 is 1.00 bits per heavy atom. The number of aryl methyl sites for hydroxylation is 1. The number of amides is 1. The second-order valence-corrected chi connectivity index (χ2v) is 9.15. The Balaban J connectivity index is 0.000000745. The maximum atomic E-state index is 13.0. The minimum Gasteiger partial charge on any atom is -0.497 e. The molecule has 10 nitrogen and oxygen atoms in total. The summed E-state index contributed by atoms with van der Waals surface area (Å²) in [6.45, 7) is 7.09. The predicted molar refractivity (Wildman–Crippen MR) is 149 cm³/mol. The van der Waals surface area contributed by atoms with E-state index in [1.807, 2.05) is 67.6 Å². The lowest BCUT2D eigenvalue weighted by atomic mass is 10.0. The number of nitrogens with zero attached hydrogens (tertiary/aromatic N) is 2. The quantitative estimate of drug-likeness (QED) is 0.209. The fourth-order valence-corrected chi connectivity index (χ4v) is 3.36. The number of nitrogens with one attached hydrogen (secondary N) is 3. The Labute approximate surface area is 236 Å². The lowest BCUT2D eigenvalue weighted by Gasteiger charge is -2.21. The number of carboxylic acids is 1. The smallest absolute Gasteiger partial charge is 0.490 e. The van der Waals surface area contributed by atoms with Gasteiger partial charge in [0.15, 0.2) is 0 Å². The van der Waals surface area contributed by atoms with E-state index in [-0.39, 0.29) is 5.91 Å². The number of carbonyl (C=O) groups excluding carboxylic acids is 1. The number of anilines is 3. The van der Waals surface area contributed by atoms with Crippen LogP contribution >= 0.6 is 0 Å². The Morgan fingerprint density at radius 3 is 2.20 bits per heavy atom. The van der Waals surface area contributed by atoms with Crippen LogP contribution in [-0.4, -0.2) is 59.4 Å². The molecule has 222 valence electrons. The van der Waals surface area contributed by atoms with Crippen LogP contribution in [0.4, 0.5) is 30.6 Å². The van der Waals surface area contributed by atoms with Crippen molar-refractivity contribution in [3.8, 4) is 11.5 Å². The number of halogens is 3. The van der Waals surface area contributed by atoms with Crippen LogP contribution in [0.5, 0.6) is 11.5 Å². The van der Waals surface area contributed by atoms with Crippen molar-refractivity contribution in [2.45, 2.75) is 39.4 Å². The van der Waals surface area contributed by atoms with E-state index < -0.39 is 18.2 Å². The number of aromatic nitrogens is 2. The van der Waals surface area contributed by atoms with Crippen molar-refractivity contribution in [1.29, 1.82) is 0 Å². The van der Waals surface area contributed by atoms with Gasteiger partial charge in [-0.25, -0.2) is 9.78 Å². The Morgan fingerprint density at radius 2 is 1.63 bits per heavy atom. The summed E-state index contributed by atoms with van der Waals surface area (Å²) in [5.74, 6) is 0.0624. The summed E-state index contributed by atoms with van der Waals surface area (Å²) in [4.78, 5) is 30.9. The second kappa shape index (κ2) is 15.9. The first-order chi connectivity index (χ1) is 19.4. The summed E-state index contributed by atoms with van der Waals surface area (Å²) < 4.78 is 42.6. The third-order valence-electron chi connectivity index (χ3n) is 5.20. The summed E-state index contributed by atoms with van der Waals surface area (Å²) in [6, 6.07) is 18.3. The molecule has 0 aliphatic rings. The standard InChI is InChI=1S/C26H33N5O3.C2HF3O2/c1-18(2)16-23(25(32)29-20-10-12-21(33-4)13-11-20)30-24-17-19(3)28-26(31-24)27-14-15-34-22-8-6-5-7-9-22;3-2(4,5)1(6)7/h5-13,17-18,23H,14-16H2,1-4H3,(H,29,32)(H2,27,28,30,31);(H,6,7)/t23-;/m0./s1. The van der Waals surface area contributed by atoms with Gasteiger partial charge < -0.3 is 30.5 Å². The zero-order chi connectivity index (χ0) is 30.4. The van der Waals surface area contributed by atoms with Crippen molar-refractivity contribution in [2.75, 3.05) is 36.2 Å². The number of alkyl halides is 3. The molecule has 0 aliphatic heterocycles. The number of rotatable bonds is 12. The minimum atomic E-state index is -5.08. The molecule has 1 aromatic heterocycles. The first kappa shape index (κ1) is 32.7. The van der Waals surface area contributed by atoms with Gasteiger partial charge >= 0.3 is 12.1 Å². The fraction of sp³-hybridized carbons (Fsp3) is 0.357. The van der Waals surface area contributed by atoms with Crippen LogP contribution in [0.15, 0.2) is 60.7 Å². The highest BCUT2D eigenvalue weighted by Crippen LogP contribution is 2.19. The zero-order valence-corrected chi connectivity index (χ0v) is 23.2. The van der Waals surface area contributed by atoms with E-state index >= 15 is 0 Å². The first-order valence-electron chi connectivity index (χ1n) is 12.7. The molecule has 1 heterocycles. The predicted octanol–water partition coefficient (Wildman–Crippen LogP) is 5.38. The molecule has 4 N–H and O–H groups in total. The fourth-order valence-electron chi connectivity index (χ4n) is 3.36. The summed E-state index contributed by atoms with van der Waals surface area (Å²) in [7, 11) is 1.61. The van der Waals surface area contributed by atoms with Crippen molar-refractivity contribution in [3.63, 3.8) is 0 Å². The van der Waals surface area contributed by atoms with Gasteiger partial charge in [0.1, 0.15) is 30.0 Å². The number of para-hydroxylation sites is 1. The highest BCUT2D eigenvalue weighted by Gasteiger charge is 2.38. The molecule has 41 heavy (non-hydrogen) atoms. The van der Waals surface area contributed by atoms with E-state index in [2.05, 4.69) is 39.8 Å².